The molecule has 0 saturated heterocycles. The molecule has 276 valence electrons. The van der Waals surface area contributed by atoms with Gasteiger partial charge < -0.3 is 13.7 Å². The lowest BCUT2D eigenvalue weighted by atomic mass is 10.1. The molecule has 6 nitrogen and oxygen atoms in total. The molecular formula is C53H34N6. The monoisotopic (exact) mass is 754 g/mol. The van der Waals surface area contributed by atoms with Crippen LogP contribution in [0, 0.1) is 0 Å². The molecule has 8 aromatic carbocycles. The van der Waals surface area contributed by atoms with Crippen LogP contribution in [0.4, 0.5) is 0 Å². The zero-order valence-corrected chi connectivity index (χ0v) is 31.8. The molecule has 0 aliphatic heterocycles. The highest BCUT2D eigenvalue weighted by Crippen LogP contribution is 2.39. The molecule has 12 rings (SSSR count). The van der Waals surface area contributed by atoms with Crippen molar-refractivity contribution in [2.24, 2.45) is 0 Å². The van der Waals surface area contributed by atoms with Crippen LogP contribution in [-0.4, -0.2) is 28.7 Å². The second-order valence-electron chi connectivity index (χ2n) is 14.9. The van der Waals surface area contributed by atoms with Crippen LogP contribution in [-0.2, 0) is 0 Å². The number of nitrogens with zero attached hydrogens (tertiary/aromatic N) is 6. The standard InChI is InChI=1S/C53H34N6/c1-4-16-35(17-5-1)51-54-52(36-18-6-2-7-19-36)56-53(55-51)38-30-40(58-46-25-13-10-22-42(46)43-23-11-14-26-47(43)58)33-41(31-38)59-48-27-15-12-24-44(48)45-34-49-37(32-50(45)59)28-29-57(49)39-20-8-3-9-21-39/h1-34H. The van der Waals surface area contributed by atoms with Crippen LogP contribution in [0.5, 0.6) is 0 Å². The number of hydrogen-bond donors (Lipinski definition) is 0. The van der Waals surface area contributed by atoms with Crippen LogP contribution in [0.2, 0.25) is 0 Å². The molecule has 0 N–H and O–H groups in total. The summed E-state index contributed by atoms with van der Waals surface area (Å²) in [5, 5.41) is 5.95. The summed E-state index contributed by atoms with van der Waals surface area (Å²) in [5.74, 6) is 1.85. The summed E-state index contributed by atoms with van der Waals surface area (Å²) in [4.78, 5) is 15.5. The molecule has 59 heavy (non-hydrogen) atoms. The van der Waals surface area contributed by atoms with Gasteiger partial charge in [-0.05, 0) is 66.7 Å². The molecule has 0 bridgehead atoms. The fourth-order valence-electron chi connectivity index (χ4n) is 8.81. The van der Waals surface area contributed by atoms with Gasteiger partial charge in [0.1, 0.15) is 0 Å². The van der Waals surface area contributed by atoms with Crippen molar-refractivity contribution in [2.45, 2.75) is 0 Å². The third kappa shape index (κ3) is 5.38. The second-order valence-corrected chi connectivity index (χ2v) is 14.9. The molecule has 4 heterocycles. The number of benzene rings is 8. The molecule has 4 aromatic heterocycles. The highest BCUT2D eigenvalue weighted by molar-refractivity contribution is 6.14. The average Bonchev–Trinajstić information content (AvgIpc) is 3.98. The van der Waals surface area contributed by atoms with Gasteiger partial charge in [0.05, 0.1) is 27.6 Å². The van der Waals surface area contributed by atoms with E-state index in [1.807, 2.05) is 36.4 Å². The fourth-order valence-corrected chi connectivity index (χ4v) is 8.81. The summed E-state index contributed by atoms with van der Waals surface area (Å²) in [6.45, 7) is 0. The lowest BCUT2D eigenvalue weighted by Crippen LogP contribution is -2.03. The molecule has 0 aliphatic carbocycles. The summed E-state index contributed by atoms with van der Waals surface area (Å²) in [6, 6.07) is 70.6. The van der Waals surface area contributed by atoms with Crippen LogP contribution in [0.1, 0.15) is 0 Å². The molecular weight excluding hydrogens is 721 g/mol. The van der Waals surface area contributed by atoms with Gasteiger partial charge in [-0.1, -0.05) is 133 Å². The van der Waals surface area contributed by atoms with Crippen LogP contribution in [0.15, 0.2) is 206 Å². The minimum absolute atomic E-state index is 0.602. The predicted octanol–water partition coefficient (Wildman–Crippen LogP) is 13.0. The number of rotatable bonds is 6. The van der Waals surface area contributed by atoms with Gasteiger partial charge in [0.2, 0.25) is 0 Å². The van der Waals surface area contributed by atoms with Crippen LogP contribution < -0.4 is 0 Å². The SMILES string of the molecule is c1ccc(-c2nc(-c3ccccc3)nc(-c3cc(-n4c5ccccc5c5ccccc54)cc(-n4c5ccccc5c5cc6c(ccn6-c6ccccc6)cc54)c3)n2)cc1. The van der Waals surface area contributed by atoms with Crippen molar-refractivity contribution in [3.63, 3.8) is 0 Å². The number of hydrogen-bond acceptors (Lipinski definition) is 3. The first-order valence-corrected chi connectivity index (χ1v) is 19.9. The van der Waals surface area contributed by atoms with Gasteiger partial charge in [-0.15, -0.1) is 0 Å². The summed E-state index contributed by atoms with van der Waals surface area (Å²) >= 11 is 0. The third-order valence-electron chi connectivity index (χ3n) is 11.5. The molecule has 6 heteroatoms. The Morgan fingerprint density at radius 3 is 1.27 bits per heavy atom. The normalized spacial score (nSPS) is 11.7. The Kier molecular flexibility index (Phi) is 7.43. The van der Waals surface area contributed by atoms with Crippen molar-refractivity contribution >= 4 is 54.5 Å². The van der Waals surface area contributed by atoms with Crippen molar-refractivity contribution in [3.05, 3.63) is 206 Å². The van der Waals surface area contributed by atoms with Crippen molar-refractivity contribution in [1.29, 1.82) is 0 Å². The Morgan fingerprint density at radius 2 is 0.729 bits per heavy atom. The number of fused-ring (bicyclic) bond motifs is 7. The Hall–Kier alpha value is -8.09. The molecule has 0 aliphatic rings. The van der Waals surface area contributed by atoms with E-state index in [9.17, 15) is 0 Å². The Morgan fingerprint density at radius 1 is 0.288 bits per heavy atom. The Labute approximate surface area is 339 Å². The number of para-hydroxylation sites is 4. The van der Waals surface area contributed by atoms with Crippen molar-refractivity contribution in [2.75, 3.05) is 0 Å². The molecule has 0 radical (unpaired) electrons. The van der Waals surface area contributed by atoms with Gasteiger partial charge in [0, 0.05) is 66.9 Å². The molecule has 0 fully saturated rings. The molecule has 0 atom stereocenters. The predicted molar refractivity (Wildman–Crippen MR) is 242 cm³/mol. The van der Waals surface area contributed by atoms with Gasteiger partial charge >= 0.3 is 0 Å². The minimum Gasteiger partial charge on any atom is -0.317 e. The fraction of sp³-hybridized carbons (Fsp3) is 0. The summed E-state index contributed by atoms with van der Waals surface area (Å²) in [5.41, 5.74) is 11.6. The van der Waals surface area contributed by atoms with E-state index in [0.717, 1.165) is 55.8 Å². The molecule has 0 saturated carbocycles. The molecule has 0 spiro atoms. The first kappa shape index (κ1) is 33.1. The van der Waals surface area contributed by atoms with Crippen molar-refractivity contribution < 1.29 is 0 Å². The van der Waals surface area contributed by atoms with E-state index in [4.69, 9.17) is 15.0 Å². The zero-order valence-electron chi connectivity index (χ0n) is 31.8. The van der Waals surface area contributed by atoms with E-state index in [1.54, 1.807) is 0 Å². The topological polar surface area (TPSA) is 53.5 Å². The number of aromatic nitrogens is 6. The molecule has 12 aromatic rings. The van der Waals surface area contributed by atoms with E-state index in [0.29, 0.717) is 17.5 Å². The van der Waals surface area contributed by atoms with E-state index in [1.165, 1.54) is 32.4 Å². The zero-order chi connectivity index (χ0) is 38.9. The van der Waals surface area contributed by atoms with E-state index in [-0.39, 0.29) is 0 Å². The average molecular weight is 755 g/mol. The first-order valence-electron chi connectivity index (χ1n) is 19.9. The minimum atomic E-state index is 0.602. The highest BCUT2D eigenvalue weighted by Gasteiger charge is 2.20. The van der Waals surface area contributed by atoms with E-state index in [2.05, 4.69) is 184 Å². The van der Waals surface area contributed by atoms with Gasteiger partial charge in [0.25, 0.3) is 0 Å². The summed E-state index contributed by atoms with van der Waals surface area (Å²) in [6.07, 6.45) is 2.17. The maximum absolute atomic E-state index is 5.22. The largest absolute Gasteiger partial charge is 0.317 e. The van der Waals surface area contributed by atoms with E-state index >= 15 is 0 Å². The maximum atomic E-state index is 5.22. The van der Waals surface area contributed by atoms with Crippen LogP contribution in [0.3, 0.4) is 0 Å². The lowest BCUT2D eigenvalue weighted by Gasteiger charge is -2.16. The quantitative estimate of drug-likeness (QED) is 0.170. The van der Waals surface area contributed by atoms with Crippen LogP contribution in [0.25, 0.3) is 106 Å². The first-order chi connectivity index (χ1) is 29.2. The maximum Gasteiger partial charge on any atom is 0.164 e. The lowest BCUT2D eigenvalue weighted by molar-refractivity contribution is 1.07. The van der Waals surface area contributed by atoms with Crippen molar-refractivity contribution in [1.82, 2.24) is 28.7 Å². The Balaban J connectivity index is 1.17. The summed E-state index contributed by atoms with van der Waals surface area (Å²) < 4.78 is 7.06. The molecule has 0 amide bonds. The third-order valence-corrected chi connectivity index (χ3v) is 11.5. The summed E-state index contributed by atoms with van der Waals surface area (Å²) in [7, 11) is 0. The van der Waals surface area contributed by atoms with Gasteiger partial charge in [-0.3, -0.25) is 0 Å². The molecule has 0 unspecified atom stereocenters. The van der Waals surface area contributed by atoms with Gasteiger partial charge in [-0.25, -0.2) is 15.0 Å². The van der Waals surface area contributed by atoms with E-state index < -0.39 is 0 Å². The van der Waals surface area contributed by atoms with Gasteiger partial charge in [-0.2, -0.15) is 0 Å². The van der Waals surface area contributed by atoms with Gasteiger partial charge in [0.15, 0.2) is 17.5 Å². The van der Waals surface area contributed by atoms with Crippen molar-refractivity contribution in [3.8, 4) is 51.2 Å². The Bertz CT molecular complexity index is 3430. The smallest absolute Gasteiger partial charge is 0.164 e. The highest BCUT2D eigenvalue weighted by atomic mass is 15.0. The second kappa shape index (κ2) is 13.3. The van der Waals surface area contributed by atoms with Crippen LogP contribution >= 0.6 is 0 Å².